The van der Waals surface area contributed by atoms with Crippen LogP contribution in [0.15, 0.2) is 72.9 Å². The van der Waals surface area contributed by atoms with Gasteiger partial charge in [0.25, 0.3) is 0 Å². The van der Waals surface area contributed by atoms with Crippen LogP contribution in [0.4, 0.5) is 0 Å². The average molecular weight is 1160 g/mol. The molecule has 0 radical (unpaired) electrons. The summed E-state index contributed by atoms with van der Waals surface area (Å²) < 4.78 is 30.8. The van der Waals surface area contributed by atoms with Gasteiger partial charge in [-0.1, -0.05) is 274 Å². The third-order valence-electron chi connectivity index (χ3n) is 15.1. The van der Waals surface area contributed by atoms with E-state index in [-0.39, 0.29) is 31.5 Å². The number of quaternary nitrogens is 1. The van der Waals surface area contributed by atoms with Crippen molar-refractivity contribution in [3.8, 4) is 0 Å². The topological polar surface area (TPSA) is 111 Å². The third-order valence-corrected chi connectivity index (χ3v) is 16.1. The molecule has 0 saturated carbocycles. The monoisotopic (exact) mass is 1160 g/mol. The van der Waals surface area contributed by atoms with Gasteiger partial charge in [-0.15, -0.1) is 0 Å². The van der Waals surface area contributed by atoms with E-state index < -0.39 is 20.0 Å². The minimum absolute atomic E-state index is 0.0359. The van der Waals surface area contributed by atoms with Crippen LogP contribution in [-0.2, 0) is 27.9 Å². The van der Waals surface area contributed by atoms with E-state index in [1.807, 2.05) is 33.3 Å². The third kappa shape index (κ3) is 61.8. The summed E-state index contributed by atoms with van der Waals surface area (Å²) in [6, 6.07) is -0.858. The van der Waals surface area contributed by atoms with Gasteiger partial charge in [0.05, 0.1) is 33.8 Å². The summed E-state index contributed by atoms with van der Waals surface area (Å²) in [5.41, 5.74) is 0. The Balaban J connectivity index is 5.17. The number of nitrogens with one attached hydrogen (secondary N) is 1. The molecule has 0 fully saturated rings. The number of nitrogens with zero attached hydrogens (tertiary/aromatic N) is 1. The molecule has 1 amide bonds. The molecule has 0 bridgehead atoms. The molecule has 0 saturated heterocycles. The second-order valence-corrected chi connectivity index (χ2v) is 25.8. The van der Waals surface area contributed by atoms with Crippen molar-refractivity contribution in [1.82, 2.24) is 5.32 Å². The lowest BCUT2D eigenvalue weighted by atomic mass is 10.0. The number of phosphoric ester groups is 1. The number of hydrogen-bond acceptors (Lipinski definition) is 6. The van der Waals surface area contributed by atoms with Crippen LogP contribution in [-0.4, -0.2) is 74.3 Å². The largest absolute Gasteiger partial charge is 0.472 e. The molecule has 9 nitrogen and oxygen atoms in total. The molecule has 3 unspecified atom stereocenters. The van der Waals surface area contributed by atoms with Crippen molar-refractivity contribution >= 4 is 19.7 Å². The zero-order valence-electron chi connectivity index (χ0n) is 54.0. The van der Waals surface area contributed by atoms with Crippen LogP contribution < -0.4 is 5.32 Å². The second-order valence-electron chi connectivity index (χ2n) is 24.3. The highest BCUT2D eigenvalue weighted by Gasteiger charge is 2.30. The Morgan fingerprint density at radius 2 is 0.753 bits per heavy atom. The van der Waals surface area contributed by atoms with E-state index in [1.165, 1.54) is 193 Å². The van der Waals surface area contributed by atoms with Gasteiger partial charge in [0.15, 0.2) is 0 Å². The van der Waals surface area contributed by atoms with Crippen molar-refractivity contribution in [2.24, 2.45) is 0 Å². The molecule has 0 aromatic heterocycles. The van der Waals surface area contributed by atoms with E-state index in [2.05, 4.69) is 86.8 Å². The van der Waals surface area contributed by atoms with Crippen molar-refractivity contribution < 1.29 is 37.3 Å². The highest BCUT2D eigenvalue weighted by Crippen LogP contribution is 2.43. The molecule has 0 spiro atoms. The molecule has 0 heterocycles. The van der Waals surface area contributed by atoms with E-state index in [0.717, 1.165) is 89.9 Å². The normalized spacial score (nSPS) is 14.0. The quantitative estimate of drug-likeness (QED) is 0.0205. The summed E-state index contributed by atoms with van der Waals surface area (Å²) in [4.78, 5) is 37.9. The summed E-state index contributed by atoms with van der Waals surface area (Å²) >= 11 is 0. The highest BCUT2D eigenvalue weighted by atomic mass is 31.2. The Morgan fingerprint density at radius 1 is 0.432 bits per heavy atom. The lowest BCUT2D eigenvalue weighted by Gasteiger charge is -2.27. The second kappa shape index (κ2) is 60.6. The van der Waals surface area contributed by atoms with Gasteiger partial charge in [-0.2, -0.15) is 0 Å². The van der Waals surface area contributed by atoms with E-state index in [9.17, 15) is 19.0 Å². The molecule has 0 rings (SSSR count). The summed E-state index contributed by atoms with van der Waals surface area (Å²) in [6.07, 6.45) is 79.0. The lowest BCUT2D eigenvalue weighted by molar-refractivity contribution is -0.870. The fourth-order valence-electron chi connectivity index (χ4n) is 9.80. The number of likely N-dealkylation sites (N-methyl/N-ethyl adjacent to an activating group) is 1. The number of rotatable bonds is 62. The van der Waals surface area contributed by atoms with Crippen LogP contribution in [0.5, 0.6) is 0 Å². The highest BCUT2D eigenvalue weighted by molar-refractivity contribution is 7.47. The minimum Gasteiger partial charge on any atom is -0.456 e. The standard InChI is InChI=1S/C71H131N2O7P/c1-7-10-13-16-19-22-25-28-30-32-34-35-36-37-39-41-43-46-49-52-55-58-61-64-71(75)80-69(62-59-56-53-50-47-44-27-24-21-18-15-12-9-3)68(67-79-81(76,77)78-66-65-73(4,5)6)72-70(74)63-60-57-54-51-48-45-42-40-38-33-31-29-26-23-20-17-14-11-8-2/h19-20,22-23,28-31,38,40,59,62,68-69H,7-18,21,24-27,32-37,39,41-58,60-61,63-67H2,1-6H3,(H-,72,74,76,77)/p+1/b22-19-,23-20-,30-28-,31-29-,40-38-,62-59+. The van der Waals surface area contributed by atoms with E-state index in [4.69, 9.17) is 13.8 Å². The Bertz CT molecular complexity index is 1620. The van der Waals surface area contributed by atoms with Crippen molar-refractivity contribution in [2.75, 3.05) is 40.9 Å². The lowest BCUT2D eigenvalue weighted by Crippen LogP contribution is -2.47. The van der Waals surface area contributed by atoms with Gasteiger partial charge >= 0.3 is 13.8 Å². The van der Waals surface area contributed by atoms with Crippen molar-refractivity contribution in [3.05, 3.63) is 72.9 Å². The van der Waals surface area contributed by atoms with Crippen LogP contribution in [0.25, 0.3) is 0 Å². The van der Waals surface area contributed by atoms with E-state index in [1.54, 1.807) is 0 Å². The molecule has 0 aliphatic rings. The van der Waals surface area contributed by atoms with Crippen LogP contribution >= 0.6 is 7.82 Å². The number of carbonyl (C=O) groups excluding carboxylic acids is 2. The maximum atomic E-state index is 13.6. The molecule has 81 heavy (non-hydrogen) atoms. The minimum atomic E-state index is -4.46. The van der Waals surface area contributed by atoms with E-state index >= 15 is 0 Å². The first-order chi connectivity index (χ1) is 39.4. The maximum Gasteiger partial charge on any atom is 0.472 e. The number of ether oxygens (including phenoxy) is 1. The number of amides is 1. The number of carbonyl (C=O) groups is 2. The SMILES string of the molecule is CCCCC/C=C\C/C=C\C/C=C\CCCCCCCCC(=O)NC(COP(=O)(O)OCC[N+](C)(C)C)C(/C=C/CCCCCCCCCCCCC)OC(=O)CCCCCCCCCCCCCCC/C=C\C/C=C\CCCCC. The predicted octanol–water partition coefficient (Wildman–Crippen LogP) is 21.6. The first kappa shape index (κ1) is 78.5. The molecule has 3 atom stereocenters. The zero-order chi connectivity index (χ0) is 59.3. The predicted molar refractivity (Wildman–Crippen MR) is 351 cm³/mol. The number of allylic oxidation sites excluding steroid dienone is 11. The van der Waals surface area contributed by atoms with Crippen LogP contribution in [0.3, 0.4) is 0 Å². The zero-order valence-corrected chi connectivity index (χ0v) is 54.9. The van der Waals surface area contributed by atoms with Gasteiger partial charge < -0.3 is 19.4 Å². The number of hydrogen-bond donors (Lipinski definition) is 2. The van der Waals surface area contributed by atoms with Gasteiger partial charge in [0.1, 0.15) is 19.3 Å². The van der Waals surface area contributed by atoms with Gasteiger partial charge in [-0.3, -0.25) is 18.6 Å². The molecular formula is C71H132N2O7P+. The first-order valence-corrected chi connectivity index (χ1v) is 35.8. The fraction of sp³-hybridized carbons (Fsp3) is 0.803. The van der Waals surface area contributed by atoms with Crippen molar-refractivity contribution in [2.45, 2.75) is 328 Å². The number of unbranched alkanes of at least 4 members (excludes halogenated alkanes) is 36. The Hall–Kier alpha value is -2.55. The summed E-state index contributed by atoms with van der Waals surface area (Å²) in [7, 11) is 1.49. The van der Waals surface area contributed by atoms with Crippen molar-refractivity contribution in [1.29, 1.82) is 0 Å². The maximum absolute atomic E-state index is 13.6. The number of phosphoric acid groups is 1. The van der Waals surface area contributed by atoms with Crippen molar-refractivity contribution in [3.63, 3.8) is 0 Å². The molecule has 2 N–H and O–H groups in total. The Labute approximate surface area is 502 Å². The molecule has 10 heteroatoms. The number of esters is 1. The Kier molecular flexibility index (Phi) is 58.7. The van der Waals surface area contributed by atoms with Gasteiger partial charge in [0, 0.05) is 12.8 Å². The van der Waals surface area contributed by atoms with Gasteiger partial charge in [0.2, 0.25) is 5.91 Å². The van der Waals surface area contributed by atoms with Crippen LogP contribution in [0.2, 0.25) is 0 Å². The first-order valence-electron chi connectivity index (χ1n) is 34.3. The smallest absolute Gasteiger partial charge is 0.456 e. The molecule has 0 aliphatic heterocycles. The summed E-state index contributed by atoms with van der Waals surface area (Å²) in [5, 5.41) is 3.06. The summed E-state index contributed by atoms with van der Waals surface area (Å²) in [5.74, 6) is -0.513. The molecule has 0 aromatic carbocycles. The molecule has 0 aromatic rings. The van der Waals surface area contributed by atoms with E-state index in [0.29, 0.717) is 17.4 Å². The molecular weight excluding hydrogens is 1020 g/mol. The van der Waals surface area contributed by atoms with Crippen LogP contribution in [0.1, 0.15) is 316 Å². The van der Waals surface area contributed by atoms with Gasteiger partial charge in [-0.25, -0.2) is 4.57 Å². The summed E-state index contributed by atoms with van der Waals surface area (Å²) in [6.45, 7) is 6.98. The fourth-order valence-corrected chi connectivity index (χ4v) is 10.5. The molecule has 0 aliphatic carbocycles. The average Bonchev–Trinajstić information content (AvgIpc) is 3.44. The molecule has 472 valence electrons. The Morgan fingerprint density at radius 3 is 1.15 bits per heavy atom. The van der Waals surface area contributed by atoms with Gasteiger partial charge in [-0.05, 0) is 102 Å². The van der Waals surface area contributed by atoms with Crippen LogP contribution in [0, 0.1) is 0 Å².